The number of rotatable bonds is 6. The monoisotopic (exact) mass is 302 g/mol. The Kier molecular flexibility index (Phi) is 7.13. The third-order valence-electron chi connectivity index (χ3n) is 3.88. The molecular weight excluding hydrogens is 276 g/mol. The van der Waals surface area contributed by atoms with Crippen LogP contribution in [0.5, 0.6) is 0 Å². The van der Waals surface area contributed by atoms with E-state index in [0.29, 0.717) is 6.61 Å². The van der Waals surface area contributed by atoms with Crippen molar-refractivity contribution in [2.75, 3.05) is 39.3 Å². The fourth-order valence-corrected chi connectivity index (χ4v) is 2.58. The minimum Gasteiger partial charge on any atom is -0.367 e. The summed E-state index contributed by atoms with van der Waals surface area (Å²) in [5, 5.41) is 0. The van der Waals surface area contributed by atoms with Gasteiger partial charge in [0, 0.05) is 32.7 Å². The second-order valence-electron chi connectivity index (χ2n) is 5.58. The summed E-state index contributed by atoms with van der Waals surface area (Å²) in [6.07, 6.45) is 5.27. The Morgan fingerprint density at radius 3 is 2.77 bits per heavy atom. The highest BCUT2D eigenvalue weighted by Crippen LogP contribution is 2.05. The van der Waals surface area contributed by atoms with E-state index in [-0.39, 0.29) is 12.5 Å². The van der Waals surface area contributed by atoms with Gasteiger partial charge in [-0.05, 0) is 18.9 Å². The maximum absolute atomic E-state index is 12.2. The van der Waals surface area contributed by atoms with Crippen molar-refractivity contribution >= 4 is 5.91 Å². The lowest BCUT2D eigenvalue weighted by Gasteiger charge is -2.21. The first-order valence-electron chi connectivity index (χ1n) is 8.02. The quantitative estimate of drug-likeness (QED) is 0.756. The molecule has 22 heavy (non-hydrogen) atoms. The summed E-state index contributed by atoms with van der Waals surface area (Å²) in [7, 11) is 0. The van der Waals surface area contributed by atoms with Crippen LogP contribution in [0.3, 0.4) is 0 Å². The van der Waals surface area contributed by atoms with Crippen molar-refractivity contribution in [2.45, 2.75) is 20.0 Å². The Bertz CT molecular complexity index is 473. The smallest absolute Gasteiger partial charge is 0.248 e. The predicted octanol–water partition coefficient (Wildman–Crippen LogP) is 2.31. The molecule has 0 N–H and O–H groups in total. The minimum absolute atomic E-state index is 0.101. The maximum Gasteiger partial charge on any atom is 0.248 e. The molecule has 0 saturated carbocycles. The molecule has 120 valence electrons. The van der Waals surface area contributed by atoms with E-state index in [1.54, 1.807) is 0 Å². The molecule has 0 radical (unpaired) electrons. The zero-order valence-corrected chi connectivity index (χ0v) is 13.4. The third-order valence-corrected chi connectivity index (χ3v) is 3.88. The lowest BCUT2D eigenvalue weighted by atomic mass is 10.2. The summed E-state index contributed by atoms with van der Waals surface area (Å²) in [5.41, 5.74) is 1.10. The SMILES string of the molecule is C/C=C/CN1CCCN(C(=O)COCc2ccccc2)CC1. The highest BCUT2D eigenvalue weighted by molar-refractivity contribution is 5.77. The van der Waals surface area contributed by atoms with Gasteiger partial charge in [0.05, 0.1) is 6.61 Å². The van der Waals surface area contributed by atoms with E-state index in [0.717, 1.165) is 44.7 Å². The molecule has 1 heterocycles. The molecule has 0 aromatic heterocycles. The number of carbonyl (C=O) groups excluding carboxylic acids is 1. The molecule has 0 bridgehead atoms. The molecule has 0 unspecified atom stereocenters. The normalized spacial score (nSPS) is 16.9. The Morgan fingerprint density at radius 1 is 1.18 bits per heavy atom. The second kappa shape index (κ2) is 9.38. The van der Waals surface area contributed by atoms with E-state index in [9.17, 15) is 4.79 Å². The number of hydrogen-bond acceptors (Lipinski definition) is 3. The molecule has 1 aliphatic heterocycles. The van der Waals surface area contributed by atoms with E-state index in [1.165, 1.54) is 0 Å². The molecule has 2 rings (SSSR count). The van der Waals surface area contributed by atoms with Crippen LogP contribution in [-0.2, 0) is 16.1 Å². The first-order valence-corrected chi connectivity index (χ1v) is 8.02. The van der Waals surface area contributed by atoms with Crippen LogP contribution in [0.15, 0.2) is 42.5 Å². The van der Waals surface area contributed by atoms with Crippen LogP contribution in [0.25, 0.3) is 0 Å². The predicted molar refractivity (Wildman–Crippen MR) is 88.5 cm³/mol. The molecule has 1 aliphatic rings. The van der Waals surface area contributed by atoms with Gasteiger partial charge in [0.15, 0.2) is 0 Å². The van der Waals surface area contributed by atoms with Gasteiger partial charge in [-0.1, -0.05) is 42.5 Å². The summed E-state index contributed by atoms with van der Waals surface area (Å²) in [4.78, 5) is 16.5. The molecule has 1 fully saturated rings. The molecule has 0 atom stereocenters. The Labute approximate surface area is 133 Å². The summed E-state index contributed by atoms with van der Waals surface area (Å²) in [6, 6.07) is 9.96. The van der Waals surface area contributed by atoms with Gasteiger partial charge in [0.2, 0.25) is 5.91 Å². The van der Waals surface area contributed by atoms with Gasteiger partial charge in [0.1, 0.15) is 6.61 Å². The van der Waals surface area contributed by atoms with Gasteiger partial charge >= 0.3 is 0 Å². The average molecular weight is 302 g/mol. The molecule has 1 aromatic rings. The van der Waals surface area contributed by atoms with Crippen LogP contribution < -0.4 is 0 Å². The summed E-state index contributed by atoms with van der Waals surface area (Å²) in [6.45, 7) is 7.30. The molecule has 4 nitrogen and oxygen atoms in total. The second-order valence-corrected chi connectivity index (χ2v) is 5.58. The van der Waals surface area contributed by atoms with E-state index in [4.69, 9.17) is 4.74 Å². The molecule has 1 amide bonds. The summed E-state index contributed by atoms with van der Waals surface area (Å²) >= 11 is 0. The van der Waals surface area contributed by atoms with E-state index in [1.807, 2.05) is 42.2 Å². The number of hydrogen-bond donors (Lipinski definition) is 0. The maximum atomic E-state index is 12.2. The Hall–Kier alpha value is -1.65. The van der Waals surface area contributed by atoms with Gasteiger partial charge < -0.3 is 9.64 Å². The summed E-state index contributed by atoms with van der Waals surface area (Å²) in [5.74, 6) is 0.101. The Balaban J connectivity index is 1.71. The first kappa shape index (κ1) is 16.7. The highest BCUT2D eigenvalue weighted by Gasteiger charge is 2.18. The van der Waals surface area contributed by atoms with Gasteiger partial charge in [-0.2, -0.15) is 0 Å². The summed E-state index contributed by atoms with van der Waals surface area (Å²) < 4.78 is 5.55. The van der Waals surface area contributed by atoms with Gasteiger partial charge in [-0.3, -0.25) is 9.69 Å². The van der Waals surface area contributed by atoms with Crippen LogP contribution >= 0.6 is 0 Å². The van der Waals surface area contributed by atoms with Gasteiger partial charge in [-0.15, -0.1) is 0 Å². The van der Waals surface area contributed by atoms with Crippen molar-refractivity contribution in [1.29, 1.82) is 0 Å². The third kappa shape index (κ3) is 5.62. The van der Waals surface area contributed by atoms with Crippen molar-refractivity contribution < 1.29 is 9.53 Å². The average Bonchev–Trinajstić information content (AvgIpc) is 2.79. The zero-order chi connectivity index (χ0) is 15.6. The Morgan fingerprint density at radius 2 is 2.00 bits per heavy atom. The van der Waals surface area contributed by atoms with Crippen molar-refractivity contribution in [3.63, 3.8) is 0 Å². The first-order chi connectivity index (χ1) is 10.8. The molecule has 0 aliphatic carbocycles. The molecule has 0 spiro atoms. The van der Waals surface area contributed by atoms with Crippen LogP contribution in [0, 0.1) is 0 Å². The standard InChI is InChI=1S/C18H26N2O2/c1-2-3-10-19-11-7-12-20(14-13-19)18(21)16-22-15-17-8-5-4-6-9-17/h2-6,8-9H,7,10-16H2,1H3/b3-2+. The van der Waals surface area contributed by atoms with E-state index in [2.05, 4.69) is 17.1 Å². The number of nitrogens with zero attached hydrogens (tertiary/aromatic N) is 2. The van der Waals surface area contributed by atoms with Gasteiger partial charge in [-0.25, -0.2) is 0 Å². The van der Waals surface area contributed by atoms with Crippen molar-refractivity contribution in [3.05, 3.63) is 48.0 Å². The minimum atomic E-state index is 0.101. The van der Waals surface area contributed by atoms with Crippen LogP contribution in [0.4, 0.5) is 0 Å². The van der Waals surface area contributed by atoms with Crippen molar-refractivity contribution in [2.24, 2.45) is 0 Å². The molecule has 4 heteroatoms. The van der Waals surface area contributed by atoms with Crippen molar-refractivity contribution in [1.82, 2.24) is 9.80 Å². The number of allylic oxidation sites excluding steroid dienone is 1. The van der Waals surface area contributed by atoms with E-state index < -0.39 is 0 Å². The van der Waals surface area contributed by atoms with Crippen LogP contribution in [-0.4, -0.2) is 55.0 Å². The highest BCUT2D eigenvalue weighted by atomic mass is 16.5. The van der Waals surface area contributed by atoms with Crippen LogP contribution in [0.1, 0.15) is 18.9 Å². The van der Waals surface area contributed by atoms with Gasteiger partial charge in [0.25, 0.3) is 0 Å². The fraction of sp³-hybridized carbons (Fsp3) is 0.500. The lowest BCUT2D eigenvalue weighted by Crippen LogP contribution is -2.37. The number of ether oxygens (including phenoxy) is 1. The number of carbonyl (C=O) groups is 1. The lowest BCUT2D eigenvalue weighted by molar-refractivity contribution is -0.136. The molecule has 1 aromatic carbocycles. The number of amides is 1. The molecule has 1 saturated heterocycles. The van der Waals surface area contributed by atoms with Crippen LogP contribution in [0.2, 0.25) is 0 Å². The fourth-order valence-electron chi connectivity index (χ4n) is 2.58. The zero-order valence-electron chi connectivity index (χ0n) is 13.4. The topological polar surface area (TPSA) is 32.8 Å². The van der Waals surface area contributed by atoms with Crippen molar-refractivity contribution in [3.8, 4) is 0 Å². The van der Waals surface area contributed by atoms with E-state index >= 15 is 0 Å². The molecular formula is C18H26N2O2. The largest absolute Gasteiger partial charge is 0.367 e. The number of benzene rings is 1.